The molecule has 0 saturated carbocycles. The first kappa shape index (κ1) is 7.84. The lowest BCUT2D eigenvalue weighted by molar-refractivity contribution is -0.104. The van der Waals surface area contributed by atoms with Crippen molar-refractivity contribution in [3.63, 3.8) is 0 Å². The third-order valence-corrected chi connectivity index (χ3v) is 0.608. The summed E-state index contributed by atoms with van der Waals surface area (Å²) in [6.07, 6.45) is 0.516. The minimum atomic E-state index is 0.0953. The lowest BCUT2D eigenvalue weighted by Gasteiger charge is -1.92. The summed E-state index contributed by atoms with van der Waals surface area (Å²) in [7, 11) is 0. The Hall–Kier alpha value is -1.16. The Kier molecular flexibility index (Phi) is 3.31. The number of rotatable bonds is 2. The minimum Gasteiger partial charge on any atom is -0.396 e. The number of hydrogen-bond donors (Lipinski definition) is 1. The first-order valence-corrected chi connectivity index (χ1v) is 2.26. The number of allylic oxidation sites excluding steroid dienone is 1. The molecule has 4 nitrogen and oxygen atoms in total. The highest BCUT2D eigenvalue weighted by Gasteiger charge is 1.88. The molecule has 0 atom stereocenters. The molecule has 0 amide bonds. The third-order valence-electron chi connectivity index (χ3n) is 0.608. The quantitative estimate of drug-likeness (QED) is 0.187. The summed E-state index contributed by atoms with van der Waals surface area (Å²) in [5.74, 6) is 4.90. The van der Waals surface area contributed by atoms with E-state index >= 15 is 0 Å². The van der Waals surface area contributed by atoms with E-state index in [-0.39, 0.29) is 11.6 Å². The average molecular weight is 128 g/mol. The molecule has 50 valence electrons. The SMILES string of the molecule is C=C(C=O)/N=C(/C)ON. The van der Waals surface area contributed by atoms with E-state index in [2.05, 4.69) is 22.3 Å². The van der Waals surface area contributed by atoms with Gasteiger partial charge in [-0.15, -0.1) is 0 Å². The van der Waals surface area contributed by atoms with Crippen molar-refractivity contribution in [2.45, 2.75) is 6.92 Å². The number of carbonyl (C=O) groups is 1. The lowest BCUT2D eigenvalue weighted by atomic mass is 10.6. The molecule has 0 aromatic carbocycles. The van der Waals surface area contributed by atoms with Crippen LogP contribution in [0.15, 0.2) is 17.3 Å². The Morgan fingerprint density at radius 1 is 1.89 bits per heavy atom. The zero-order chi connectivity index (χ0) is 7.28. The molecular formula is C5H8N2O2. The largest absolute Gasteiger partial charge is 0.396 e. The summed E-state index contributed by atoms with van der Waals surface area (Å²) in [6, 6.07) is 0. The van der Waals surface area contributed by atoms with Crippen LogP contribution in [-0.2, 0) is 9.63 Å². The van der Waals surface area contributed by atoms with Gasteiger partial charge in [-0.2, -0.15) is 5.90 Å². The van der Waals surface area contributed by atoms with Gasteiger partial charge in [-0.25, -0.2) is 4.99 Å². The van der Waals surface area contributed by atoms with Crippen LogP contribution in [0.4, 0.5) is 0 Å². The number of hydrogen-bond acceptors (Lipinski definition) is 4. The van der Waals surface area contributed by atoms with E-state index in [9.17, 15) is 4.79 Å². The van der Waals surface area contributed by atoms with E-state index in [0.717, 1.165) is 0 Å². The molecule has 0 bridgehead atoms. The molecule has 0 aliphatic carbocycles. The second-order valence-corrected chi connectivity index (χ2v) is 1.36. The standard InChI is InChI=1S/C5H8N2O2/c1-4(3-8)7-5(2)9-6/h3H,1,6H2,2H3/b7-5-. The van der Waals surface area contributed by atoms with Gasteiger partial charge in [-0.1, -0.05) is 6.58 Å². The van der Waals surface area contributed by atoms with E-state index < -0.39 is 0 Å². The van der Waals surface area contributed by atoms with Crippen molar-refractivity contribution in [3.8, 4) is 0 Å². The molecule has 0 fully saturated rings. The number of aldehydes is 1. The Morgan fingerprint density at radius 2 is 2.44 bits per heavy atom. The lowest BCUT2D eigenvalue weighted by Crippen LogP contribution is -2.05. The molecule has 0 saturated heterocycles. The molecule has 0 rings (SSSR count). The topological polar surface area (TPSA) is 64.7 Å². The van der Waals surface area contributed by atoms with Crippen molar-refractivity contribution >= 4 is 12.2 Å². The maximum atomic E-state index is 9.85. The molecule has 0 heterocycles. The van der Waals surface area contributed by atoms with E-state index in [4.69, 9.17) is 0 Å². The van der Waals surface area contributed by atoms with Crippen LogP contribution >= 0.6 is 0 Å². The Morgan fingerprint density at radius 3 is 2.78 bits per heavy atom. The molecule has 0 unspecified atom stereocenters. The van der Waals surface area contributed by atoms with E-state index in [1.165, 1.54) is 6.92 Å². The minimum absolute atomic E-state index is 0.0953. The normalized spacial score (nSPS) is 10.7. The molecule has 0 aliphatic heterocycles. The van der Waals surface area contributed by atoms with Gasteiger partial charge in [0.2, 0.25) is 5.90 Å². The van der Waals surface area contributed by atoms with Gasteiger partial charge in [0.1, 0.15) is 0 Å². The summed E-state index contributed by atoms with van der Waals surface area (Å²) >= 11 is 0. The molecule has 9 heavy (non-hydrogen) atoms. The summed E-state index contributed by atoms with van der Waals surface area (Å²) in [6.45, 7) is 4.79. The maximum Gasteiger partial charge on any atom is 0.210 e. The van der Waals surface area contributed by atoms with Gasteiger partial charge in [0.05, 0.1) is 5.70 Å². The Balaban J connectivity index is 3.94. The first-order valence-electron chi connectivity index (χ1n) is 2.26. The van der Waals surface area contributed by atoms with Crippen LogP contribution < -0.4 is 5.90 Å². The van der Waals surface area contributed by atoms with Gasteiger partial charge in [-0.3, -0.25) is 4.79 Å². The van der Waals surface area contributed by atoms with Crippen LogP contribution in [0.5, 0.6) is 0 Å². The molecule has 0 aliphatic rings. The third kappa shape index (κ3) is 3.42. The molecule has 0 radical (unpaired) electrons. The first-order chi connectivity index (χ1) is 4.20. The predicted molar refractivity (Wildman–Crippen MR) is 33.6 cm³/mol. The molecular weight excluding hydrogens is 120 g/mol. The molecule has 0 aromatic rings. The van der Waals surface area contributed by atoms with Crippen LogP contribution in [0.2, 0.25) is 0 Å². The highest BCUT2D eigenvalue weighted by Crippen LogP contribution is 1.86. The fourth-order valence-electron chi connectivity index (χ4n) is 0.255. The summed E-state index contributed by atoms with van der Waals surface area (Å²) in [4.78, 5) is 17.5. The van der Waals surface area contributed by atoms with Gasteiger partial charge >= 0.3 is 0 Å². The van der Waals surface area contributed by atoms with Crippen molar-refractivity contribution in [1.29, 1.82) is 0 Å². The second kappa shape index (κ2) is 3.80. The van der Waals surface area contributed by atoms with Crippen LogP contribution in [0.1, 0.15) is 6.92 Å². The Labute approximate surface area is 53.0 Å². The highest BCUT2D eigenvalue weighted by atomic mass is 16.6. The van der Waals surface area contributed by atoms with Gasteiger partial charge in [0.15, 0.2) is 6.29 Å². The van der Waals surface area contributed by atoms with E-state index in [1.54, 1.807) is 0 Å². The Bertz CT molecular complexity index is 151. The number of aliphatic imine (C=N–C) groups is 1. The smallest absolute Gasteiger partial charge is 0.210 e. The van der Waals surface area contributed by atoms with Crippen LogP contribution in [-0.4, -0.2) is 12.2 Å². The predicted octanol–water partition coefficient (Wildman–Crippen LogP) is 0.00770. The van der Waals surface area contributed by atoms with E-state index in [1.807, 2.05) is 0 Å². The van der Waals surface area contributed by atoms with Gasteiger partial charge in [0, 0.05) is 6.92 Å². The number of carbonyl (C=O) groups excluding carboxylic acids is 1. The van der Waals surface area contributed by atoms with Crippen molar-refractivity contribution in [3.05, 3.63) is 12.3 Å². The maximum absolute atomic E-state index is 9.85. The van der Waals surface area contributed by atoms with Gasteiger partial charge < -0.3 is 4.84 Å². The zero-order valence-corrected chi connectivity index (χ0v) is 5.13. The fourth-order valence-corrected chi connectivity index (χ4v) is 0.255. The number of nitrogens with zero attached hydrogens (tertiary/aromatic N) is 1. The molecule has 0 spiro atoms. The van der Waals surface area contributed by atoms with Crippen LogP contribution in [0, 0.1) is 0 Å². The van der Waals surface area contributed by atoms with Crippen molar-refractivity contribution in [1.82, 2.24) is 0 Å². The van der Waals surface area contributed by atoms with Crippen molar-refractivity contribution in [2.75, 3.05) is 0 Å². The summed E-state index contributed by atoms with van der Waals surface area (Å²) < 4.78 is 0. The highest BCUT2D eigenvalue weighted by molar-refractivity contribution is 5.81. The fraction of sp³-hybridized carbons (Fsp3) is 0.200. The molecule has 4 heteroatoms. The molecule has 2 N–H and O–H groups in total. The zero-order valence-electron chi connectivity index (χ0n) is 5.13. The van der Waals surface area contributed by atoms with Crippen LogP contribution in [0.25, 0.3) is 0 Å². The van der Waals surface area contributed by atoms with E-state index in [0.29, 0.717) is 6.29 Å². The van der Waals surface area contributed by atoms with Gasteiger partial charge in [0.25, 0.3) is 0 Å². The summed E-state index contributed by atoms with van der Waals surface area (Å²) in [5, 5.41) is 0. The van der Waals surface area contributed by atoms with Crippen molar-refractivity contribution in [2.24, 2.45) is 10.9 Å². The van der Waals surface area contributed by atoms with Crippen LogP contribution in [0.3, 0.4) is 0 Å². The average Bonchev–Trinajstić information content (AvgIpc) is 1.87. The monoisotopic (exact) mass is 128 g/mol. The summed E-state index contributed by atoms with van der Waals surface area (Å²) in [5.41, 5.74) is 0.0953. The van der Waals surface area contributed by atoms with Crippen molar-refractivity contribution < 1.29 is 9.63 Å². The molecule has 0 aromatic heterocycles. The van der Waals surface area contributed by atoms with Gasteiger partial charge in [-0.05, 0) is 0 Å². The second-order valence-electron chi connectivity index (χ2n) is 1.36. The number of nitrogens with two attached hydrogens (primary N) is 1.